The first-order valence-electron chi connectivity index (χ1n) is 11.5. The van der Waals surface area contributed by atoms with Crippen LogP contribution in [0, 0.1) is 0 Å². The second-order valence-electron chi connectivity index (χ2n) is 9.06. The Hall–Kier alpha value is -3.98. The quantitative estimate of drug-likeness (QED) is 0.431. The third kappa shape index (κ3) is 3.54. The van der Waals surface area contributed by atoms with E-state index in [1.54, 1.807) is 0 Å². The number of H-pyrrole nitrogens is 2. The minimum absolute atomic E-state index is 0.788. The monoisotopic (exact) mass is 453 g/mol. The number of fused-ring (bicyclic) bond motifs is 2. The Bertz CT molecular complexity index is 1470. The summed E-state index contributed by atoms with van der Waals surface area (Å²) in [7, 11) is 6.18. The maximum Gasteiger partial charge on any atom is 0.139 e. The first-order chi connectivity index (χ1) is 16.6. The minimum Gasteiger partial charge on any atom is -0.376 e. The number of aromatic nitrogens is 6. The van der Waals surface area contributed by atoms with Crippen molar-refractivity contribution in [3.63, 3.8) is 0 Å². The molecule has 0 saturated carbocycles. The number of likely N-dealkylation sites (N-methyl/N-ethyl adjacent to an activating group) is 1. The molecule has 1 aliphatic heterocycles. The van der Waals surface area contributed by atoms with Gasteiger partial charge in [-0.3, -0.25) is 10.1 Å². The third-order valence-corrected chi connectivity index (χ3v) is 6.55. The smallest absolute Gasteiger partial charge is 0.139 e. The molecule has 2 N–H and O–H groups in total. The fourth-order valence-corrected chi connectivity index (χ4v) is 4.52. The molecule has 0 bridgehead atoms. The van der Waals surface area contributed by atoms with E-state index in [1.807, 2.05) is 49.7 Å². The van der Waals surface area contributed by atoms with Crippen molar-refractivity contribution >= 4 is 33.4 Å². The van der Waals surface area contributed by atoms with Gasteiger partial charge in [0.1, 0.15) is 16.9 Å². The Kier molecular flexibility index (Phi) is 4.91. The molecule has 0 aliphatic carbocycles. The first kappa shape index (κ1) is 20.6. The molecule has 6 rings (SSSR count). The maximum atomic E-state index is 4.96. The SMILES string of the molecule is CN1CCN(c2ccnc3[nH]c(-c4n[nH]c5ccc(-c6cncc(N(C)C)c6)nc45)cc23)CC1. The summed E-state index contributed by atoms with van der Waals surface area (Å²) >= 11 is 0. The van der Waals surface area contributed by atoms with Gasteiger partial charge in [-0.15, -0.1) is 0 Å². The van der Waals surface area contributed by atoms with Gasteiger partial charge in [-0.2, -0.15) is 5.10 Å². The molecule has 1 fully saturated rings. The first-order valence-corrected chi connectivity index (χ1v) is 11.5. The molecular formula is C25H27N9. The number of pyridine rings is 3. The highest BCUT2D eigenvalue weighted by Gasteiger charge is 2.20. The van der Waals surface area contributed by atoms with Crippen molar-refractivity contribution in [2.75, 3.05) is 57.1 Å². The van der Waals surface area contributed by atoms with Crippen LogP contribution in [-0.2, 0) is 0 Å². The van der Waals surface area contributed by atoms with Crippen LogP contribution in [0.3, 0.4) is 0 Å². The number of aromatic amines is 2. The average Bonchev–Trinajstić information content (AvgIpc) is 3.48. The minimum atomic E-state index is 0.788. The zero-order valence-corrected chi connectivity index (χ0v) is 19.6. The van der Waals surface area contributed by atoms with Crippen molar-refractivity contribution in [2.45, 2.75) is 0 Å². The van der Waals surface area contributed by atoms with E-state index in [0.717, 1.165) is 76.6 Å². The molecule has 9 nitrogen and oxygen atoms in total. The molecule has 1 saturated heterocycles. The molecule has 0 atom stereocenters. The van der Waals surface area contributed by atoms with Gasteiger partial charge in [0.2, 0.25) is 0 Å². The van der Waals surface area contributed by atoms with Crippen molar-refractivity contribution in [2.24, 2.45) is 0 Å². The highest BCUT2D eigenvalue weighted by atomic mass is 15.2. The van der Waals surface area contributed by atoms with Crippen LogP contribution in [0.1, 0.15) is 0 Å². The van der Waals surface area contributed by atoms with Crippen molar-refractivity contribution < 1.29 is 0 Å². The van der Waals surface area contributed by atoms with Gasteiger partial charge in [-0.1, -0.05) is 0 Å². The van der Waals surface area contributed by atoms with Crippen LogP contribution in [0.5, 0.6) is 0 Å². The van der Waals surface area contributed by atoms with Crippen LogP contribution >= 0.6 is 0 Å². The Labute approximate surface area is 197 Å². The Morgan fingerprint density at radius 2 is 1.85 bits per heavy atom. The van der Waals surface area contributed by atoms with Gasteiger partial charge in [0.25, 0.3) is 0 Å². The lowest BCUT2D eigenvalue weighted by atomic mass is 10.1. The number of nitrogens with one attached hydrogen (secondary N) is 2. The number of anilines is 2. The van der Waals surface area contributed by atoms with Crippen LogP contribution in [-0.4, -0.2) is 82.4 Å². The molecule has 6 heterocycles. The lowest BCUT2D eigenvalue weighted by Gasteiger charge is -2.34. The number of hydrogen-bond donors (Lipinski definition) is 2. The van der Waals surface area contributed by atoms with E-state index in [4.69, 9.17) is 4.98 Å². The molecule has 5 aromatic rings. The van der Waals surface area contributed by atoms with Crippen molar-refractivity contribution in [1.82, 2.24) is 35.0 Å². The fourth-order valence-electron chi connectivity index (χ4n) is 4.52. The summed E-state index contributed by atoms with van der Waals surface area (Å²) in [5.41, 5.74) is 8.33. The molecule has 0 unspecified atom stereocenters. The molecule has 5 aromatic heterocycles. The highest BCUT2D eigenvalue weighted by molar-refractivity contribution is 5.97. The predicted octanol–water partition coefficient (Wildman–Crippen LogP) is 3.38. The van der Waals surface area contributed by atoms with Gasteiger partial charge in [0.15, 0.2) is 0 Å². The van der Waals surface area contributed by atoms with E-state index in [9.17, 15) is 0 Å². The number of hydrogen-bond acceptors (Lipinski definition) is 7. The van der Waals surface area contributed by atoms with Crippen LogP contribution in [0.2, 0.25) is 0 Å². The van der Waals surface area contributed by atoms with Gasteiger partial charge in [0.05, 0.1) is 28.8 Å². The van der Waals surface area contributed by atoms with Gasteiger partial charge in [0, 0.05) is 69.3 Å². The Morgan fingerprint density at radius 3 is 2.68 bits per heavy atom. The third-order valence-electron chi connectivity index (χ3n) is 6.55. The molecule has 34 heavy (non-hydrogen) atoms. The summed E-state index contributed by atoms with van der Waals surface area (Å²) in [4.78, 5) is 24.2. The number of rotatable bonds is 4. The largest absolute Gasteiger partial charge is 0.376 e. The zero-order chi connectivity index (χ0) is 23.2. The van der Waals surface area contributed by atoms with Crippen LogP contribution < -0.4 is 9.80 Å². The van der Waals surface area contributed by atoms with Crippen LogP contribution in [0.4, 0.5) is 11.4 Å². The van der Waals surface area contributed by atoms with Crippen molar-refractivity contribution in [3.8, 4) is 22.6 Å². The van der Waals surface area contributed by atoms with E-state index in [-0.39, 0.29) is 0 Å². The normalized spacial score (nSPS) is 14.9. The average molecular weight is 454 g/mol. The molecule has 0 spiro atoms. The van der Waals surface area contributed by atoms with Gasteiger partial charge >= 0.3 is 0 Å². The standard InChI is InChI=1S/C25H27N9/c1-32(2)17-12-16(14-26-15-17)19-4-5-20-23(28-19)24(31-30-20)21-13-18-22(6-7-27-25(18)29-21)34-10-8-33(3)9-11-34/h4-7,12-15H,8-11H2,1-3H3,(H,27,29)(H,30,31). The van der Waals surface area contributed by atoms with Crippen LogP contribution in [0.15, 0.2) is 48.9 Å². The summed E-state index contributed by atoms with van der Waals surface area (Å²) in [5, 5.41) is 8.84. The Morgan fingerprint density at radius 1 is 1.00 bits per heavy atom. The number of piperazine rings is 1. The molecule has 172 valence electrons. The summed E-state index contributed by atoms with van der Waals surface area (Å²) < 4.78 is 0. The lowest BCUT2D eigenvalue weighted by molar-refractivity contribution is 0.313. The van der Waals surface area contributed by atoms with E-state index in [1.165, 1.54) is 5.69 Å². The summed E-state index contributed by atoms with van der Waals surface area (Å²) in [6.07, 6.45) is 5.57. The van der Waals surface area contributed by atoms with Gasteiger partial charge in [-0.05, 0) is 37.4 Å². The molecular weight excluding hydrogens is 426 g/mol. The molecule has 9 heteroatoms. The van der Waals surface area contributed by atoms with Gasteiger partial charge < -0.3 is 19.7 Å². The van der Waals surface area contributed by atoms with Crippen molar-refractivity contribution in [1.29, 1.82) is 0 Å². The topological polar surface area (TPSA) is 92.9 Å². The maximum absolute atomic E-state index is 4.96. The van der Waals surface area contributed by atoms with E-state index in [2.05, 4.69) is 60.2 Å². The predicted molar refractivity (Wildman–Crippen MR) is 136 cm³/mol. The van der Waals surface area contributed by atoms with Gasteiger partial charge in [-0.25, -0.2) is 9.97 Å². The van der Waals surface area contributed by atoms with E-state index < -0.39 is 0 Å². The number of nitrogens with zero attached hydrogens (tertiary/aromatic N) is 7. The molecule has 1 aliphatic rings. The highest BCUT2D eigenvalue weighted by Crippen LogP contribution is 2.33. The fraction of sp³-hybridized carbons (Fsp3) is 0.280. The summed E-state index contributed by atoms with van der Waals surface area (Å²) in [6, 6.07) is 10.4. The summed E-state index contributed by atoms with van der Waals surface area (Å²) in [6.45, 7) is 4.13. The van der Waals surface area contributed by atoms with Crippen molar-refractivity contribution in [3.05, 3.63) is 48.9 Å². The molecule has 0 radical (unpaired) electrons. The summed E-state index contributed by atoms with van der Waals surface area (Å²) in [5.74, 6) is 0. The van der Waals surface area contributed by atoms with E-state index >= 15 is 0 Å². The zero-order valence-electron chi connectivity index (χ0n) is 19.6. The molecule has 0 aromatic carbocycles. The second kappa shape index (κ2) is 8.11. The lowest BCUT2D eigenvalue weighted by Crippen LogP contribution is -2.44. The second-order valence-corrected chi connectivity index (χ2v) is 9.06. The van der Waals surface area contributed by atoms with Crippen LogP contribution in [0.25, 0.3) is 44.7 Å². The van der Waals surface area contributed by atoms with E-state index in [0.29, 0.717) is 0 Å². The Balaban J connectivity index is 1.42. The molecule has 0 amide bonds.